The number of aromatic nitrogens is 1. The Kier molecular flexibility index (Phi) is 4.08. The molecule has 0 radical (unpaired) electrons. The summed E-state index contributed by atoms with van der Waals surface area (Å²) in [7, 11) is 0. The van der Waals surface area contributed by atoms with Crippen LogP contribution in [0.25, 0.3) is 10.9 Å². The minimum atomic E-state index is -0.562. The Hall–Kier alpha value is -3.08. The van der Waals surface area contributed by atoms with E-state index < -0.39 is 5.91 Å². The van der Waals surface area contributed by atoms with Gasteiger partial charge < -0.3 is 15.4 Å². The number of nitrogens with one attached hydrogen (secondary N) is 2. The van der Waals surface area contributed by atoms with Crippen LogP contribution in [-0.4, -0.2) is 16.0 Å². The van der Waals surface area contributed by atoms with Crippen molar-refractivity contribution in [2.75, 3.05) is 5.32 Å². The van der Waals surface area contributed by atoms with Gasteiger partial charge in [-0.3, -0.25) is 9.59 Å². The monoisotopic (exact) mass is 336 g/mol. The van der Waals surface area contributed by atoms with Crippen molar-refractivity contribution in [2.45, 2.75) is 26.2 Å². The number of amides is 1. The minimum Gasteiger partial charge on any atom is -0.506 e. The smallest absolute Gasteiger partial charge is 0.261 e. The fourth-order valence-electron chi connectivity index (χ4n) is 2.63. The molecule has 0 aliphatic carbocycles. The number of rotatable bonds is 2. The van der Waals surface area contributed by atoms with E-state index in [0.29, 0.717) is 10.9 Å². The number of aromatic amines is 1. The molecular formula is C20H20N2O3. The fourth-order valence-corrected chi connectivity index (χ4v) is 2.63. The van der Waals surface area contributed by atoms with Gasteiger partial charge in [-0.05, 0) is 35.2 Å². The molecule has 1 amide bonds. The van der Waals surface area contributed by atoms with Crippen molar-refractivity contribution in [3.63, 3.8) is 0 Å². The van der Waals surface area contributed by atoms with Crippen LogP contribution in [0.2, 0.25) is 0 Å². The van der Waals surface area contributed by atoms with Gasteiger partial charge in [-0.25, -0.2) is 0 Å². The number of aromatic hydroxyl groups is 1. The molecule has 128 valence electrons. The number of para-hydroxylation sites is 1. The van der Waals surface area contributed by atoms with Crippen molar-refractivity contribution < 1.29 is 9.90 Å². The maximum absolute atomic E-state index is 12.5. The molecule has 5 nitrogen and oxygen atoms in total. The van der Waals surface area contributed by atoms with Crippen molar-refractivity contribution >= 4 is 22.5 Å². The second kappa shape index (κ2) is 6.09. The van der Waals surface area contributed by atoms with Gasteiger partial charge in [0.05, 0.1) is 5.69 Å². The molecule has 0 bridgehead atoms. The second-order valence-electron chi connectivity index (χ2n) is 7.01. The molecule has 3 N–H and O–H groups in total. The molecule has 25 heavy (non-hydrogen) atoms. The van der Waals surface area contributed by atoms with Crippen LogP contribution in [0.5, 0.6) is 5.75 Å². The van der Waals surface area contributed by atoms with E-state index in [1.54, 1.807) is 30.3 Å². The Morgan fingerprint density at radius 2 is 1.84 bits per heavy atom. The molecule has 3 rings (SSSR count). The molecule has 0 aliphatic heterocycles. The van der Waals surface area contributed by atoms with E-state index in [1.165, 1.54) is 6.20 Å². The van der Waals surface area contributed by atoms with Crippen LogP contribution in [0.15, 0.2) is 53.5 Å². The summed E-state index contributed by atoms with van der Waals surface area (Å²) in [6.45, 7) is 6.12. The summed E-state index contributed by atoms with van der Waals surface area (Å²) in [4.78, 5) is 28.0. The van der Waals surface area contributed by atoms with E-state index in [9.17, 15) is 14.7 Å². The first-order valence-electron chi connectivity index (χ1n) is 8.02. The highest BCUT2D eigenvalue weighted by Crippen LogP contribution is 2.30. The third-order valence-corrected chi connectivity index (χ3v) is 4.14. The molecule has 3 aromatic rings. The summed E-state index contributed by atoms with van der Waals surface area (Å²) in [5.74, 6) is -0.605. The molecule has 5 heteroatoms. The van der Waals surface area contributed by atoms with E-state index in [4.69, 9.17) is 0 Å². The molecule has 2 aromatic carbocycles. The van der Waals surface area contributed by atoms with Gasteiger partial charge >= 0.3 is 0 Å². The van der Waals surface area contributed by atoms with Crippen LogP contribution >= 0.6 is 0 Å². The van der Waals surface area contributed by atoms with E-state index in [2.05, 4.69) is 10.3 Å². The number of phenols is 1. The van der Waals surface area contributed by atoms with E-state index in [-0.39, 0.29) is 27.8 Å². The predicted octanol–water partition coefficient (Wildman–Crippen LogP) is 3.78. The van der Waals surface area contributed by atoms with Gasteiger partial charge in [0, 0.05) is 17.1 Å². The van der Waals surface area contributed by atoms with Crippen LogP contribution < -0.4 is 10.7 Å². The van der Waals surface area contributed by atoms with Crippen molar-refractivity contribution in [1.82, 2.24) is 4.98 Å². The lowest BCUT2D eigenvalue weighted by Crippen LogP contribution is -2.22. The summed E-state index contributed by atoms with van der Waals surface area (Å²) in [5.41, 5.74) is 1.44. The zero-order valence-electron chi connectivity index (χ0n) is 14.4. The summed E-state index contributed by atoms with van der Waals surface area (Å²) >= 11 is 0. The van der Waals surface area contributed by atoms with Crippen LogP contribution in [0.4, 0.5) is 5.69 Å². The molecule has 1 aromatic heterocycles. The normalized spacial score (nSPS) is 11.5. The average molecular weight is 336 g/mol. The first-order chi connectivity index (χ1) is 11.8. The van der Waals surface area contributed by atoms with Crippen LogP contribution in [-0.2, 0) is 5.41 Å². The predicted molar refractivity (Wildman–Crippen MR) is 99.3 cm³/mol. The summed E-state index contributed by atoms with van der Waals surface area (Å²) in [6.07, 6.45) is 1.39. The fraction of sp³-hybridized carbons (Fsp3) is 0.200. The SMILES string of the molecule is CC(C)(C)c1ccc(O)c(NC(=O)c2c[nH]c3ccccc3c2=O)c1. The Morgan fingerprint density at radius 1 is 1.12 bits per heavy atom. The van der Waals surface area contributed by atoms with Gasteiger partial charge in [0.25, 0.3) is 5.91 Å². The number of fused-ring (bicyclic) bond motifs is 1. The topological polar surface area (TPSA) is 82.2 Å². The molecule has 1 heterocycles. The quantitative estimate of drug-likeness (QED) is 0.623. The van der Waals surface area contributed by atoms with E-state index >= 15 is 0 Å². The number of H-pyrrole nitrogens is 1. The van der Waals surface area contributed by atoms with E-state index in [1.807, 2.05) is 32.9 Å². The van der Waals surface area contributed by atoms with Gasteiger partial charge in [-0.2, -0.15) is 0 Å². The second-order valence-corrected chi connectivity index (χ2v) is 7.01. The highest BCUT2D eigenvalue weighted by atomic mass is 16.3. The van der Waals surface area contributed by atoms with Crippen molar-refractivity contribution in [2.24, 2.45) is 0 Å². The standard InChI is InChI=1S/C20H20N2O3/c1-20(2,3)12-8-9-17(23)16(10-12)22-19(25)14-11-21-15-7-5-4-6-13(15)18(14)24/h4-11,23H,1-3H3,(H,21,24)(H,22,25). The molecule has 0 unspecified atom stereocenters. The largest absolute Gasteiger partial charge is 0.506 e. The van der Waals surface area contributed by atoms with Crippen LogP contribution in [0.3, 0.4) is 0 Å². The zero-order chi connectivity index (χ0) is 18.2. The molecule has 0 aliphatic rings. The minimum absolute atomic E-state index is 0.000684. The molecule has 0 fully saturated rings. The lowest BCUT2D eigenvalue weighted by molar-refractivity contribution is 0.102. The van der Waals surface area contributed by atoms with Gasteiger partial charge in [0.15, 0.2) is 0 Å². The van der Waals surface area contributed by atoms with Gasteiger partial charge in [0.2, 0.25) is 5.43 Å². The van der Waals surface area contributed by atoms with Crippen molar-refractivity contribution in [1.29, 1.82) is 0 Å². The highest BCUT2D eigenvalue weighted by Gasteiger charge is 2.18. The van der Waals surface area contributed by atoms with Crippen molar-refractivity contribution in [3.8, 4) is 5.75 Å². The number of carbonyl (C=O) groups is 1. The Bertz CT molecular complexity index is 1010. The van der Waals surface area contributed by atoms with Gasteiger partial charge in [0.1, 0.15) is 11.3 Å². The lowest BCUT2D eigenvalue weighted by Gasteiger charge is -2.20. The van der Waals surface area contributed by atoms with Crippen LogP contribution in [0.1, 0.15) is 36.7 Å². The molecule has 0 saturated heterocycles. The lowest BCUT2D eigenvalue weighted by atomic mass is 9.87. The first kappa shape index (κ1) is 16.8. The summed E-state index contributed by atoms with van der Waals surface area (Å²) < 4.78 is 0. The summed E-state index contributed by atoms with van der Waals surface area (Å²) in [5, 5.41) is 13.1. The Labute approximate surface area is 145 Å². The zero-order valence-corrected chi connectivity index (χ0v) is 14.4. The third kappa shape index (κ3) is 3.26. The Balaban J connectivity index is 1.98. The number of benzene rings is 2. The number of pyridine rings is 1. The molecule has 0 saturated carbocycles. The average Bonchev–Trinajstić information content (AvgIpc) is 2.56. The maximum atomic E-state index is 12.5. The number of anilines is 1. The van der Waals surface area contributed by atoms with Gasteiger partial charge in [-0.1, -0.05) is 39.0 Å². The molecular weight excluding hydrogens is 316 g/mol. The number of hydrogen-bond acceptors (Lipinski definition) is 3. The number of phenolic OH excluding ortho intramolecular Hbond substituents is 1. The number of hydrogen-bond donors (Lipinski definition) is 3. The maximum Gasteiger partial charge on any atom is 0.261 e. The number of carbonyl (C=O) groups excluding carboxylic acids is 1. The Morgan fingerprint density at radius 3 is 2.56 bits per heavy atom. The molecule has 0 spiro atoms. The van der Waals surface area contributed by atoms with Crippen molar-refractivity contribution in [3.05, 3.63) is 70.0 Å². The highest BCUT2D eigenvalue weighted by molar-refractivity contribution is 6.06. The first-order valence-corrected chi connectivity index (χ1v) is 8.02. The van der Waals surface area contributed by atoms with E-state index in [0.717, 1.165) is 5.56 Å². The third-order valence-electron chi connectivity index (χ3n) is 4.14. The van der Waals surface area contributed by atoms with Crippen LogP contribution in [0, 0.1) is 0 Å². The van der Waals surface area contributed by atoms with Gasteiger partial charge in [-0.15, -0.1) is 0 Å². The summed E-state index contributed by atoms with van der Waals surface area (Å²) in [6, 6.07) is 12.1. The molecule has 0 atom stereocenters.